The van der Waals surface area contributed by atoms with E-state index in [-0.39, 0.29) is 13.0 Å². The Morgan fingerprint density at radius 1 is 0.875 bits per heavy atom. The van der Waals surface area contributed by atoms with Gasteiger partial charge in [-0.25, -0.2) is 9.59 Å². The number of ether oxygens (including phenoxy) is 3. The summed E-state index contributed by atoms with van der Waals surface area (Å²) in [4.78, 5) is 30.5. The van der Waals surface area contributed by atoms with Crippen molar-refractivity contribution in [1.29, 1.82) is 0 Å². The molecular weight excluding hydrogens is 416 g/mol. The molecule has 2 aromatic carbocycles. The summed E-state index contributed by atoms with van der Waals surface area (Å²) in [5.41, 5.74) is 11.0. The number of rotatable bonds is 6. The standard InChI is InChI=1S/C10H12O3.C8H9NO2.C5H11NO2/c1-13-9-5-2-8(3-6-9)4-7-10(11)12;9-8(10)11-6-7-4-2-1-3-5-7;1-5(2,3)8-4(6)7/h2-3,5-6H,4,7H2,1H3,(H,11,12);1-5H,6H2,(H2,9,10);1-3H3,(H2,6,7). The lowest BCUT2D eigenvalue weighted by atomic mass is 10.1. The number of amides is 2. The van der Waals surface area contributed by atoms with Gasteiger partial charge >= 0.3 is 18.2 Å². The topological polar surface area (TPSA) is 151 Å². The lowest BCUT2D eigenvalue weighted by Gasteiger charge is -2.16. The normalized spacial score (nSPS) is 9.75. The summed E-state index contributed by atoms with van der Waals surface area (Å²) in [5.74, 6) is 0.0230. The highest BCUT2D eigenvalue weighted by atomic mass is 16.6. The second kappa shape index (κ2) is 15.1. The van der Waals surface area contributed by atoms with Crippen LogP contribution in [0.5, 0.6) is 5.75 Å². The Balaban J connectivity index is 0.000000465. The Kier molecular flexibility index (Phi) is 13.3. The van der Waals surface area contributed by atoms with Gasteiger partial charge in [0, 0.05) is 6.42 Å². The van der Waals surface area contributed by atoms with Crippen molar-refractivity contribution in [3.63, 3.8) is 0 Å². The zero-order chi connectivity index (χ0) is 24.6. The summed E-state index contributed by atoms with van der Waals surface area (Å²) in [7, 11) is 1.60. The summed E-state index contributed by atoms with van der Waals surface area (Å²) >= 11 is 0. The van der Waals surface area contributed by atoms with Crippen LogP contribution in [-0.2, 0) is 27.3 Å². The number of benzene rings is 2. The minimum atomic E-state index is -0.768. The number of aliphatic carboxylic acids is 1. The number of aryl methyl sites for hydroxylation is 1. The van der Waals surface area contributed by atoms with Crippen molar-refractivity contribution in [3.8, 4) is 5.75 Å². The van der Waals surface area contributed by atoms with Crippen LogP contribution >= 0.6 is 0 Å². The van der Waals surface area contributed by atoms with Crippen LogP contribution in [0.25, 0.3) is 0 Å². The van der Waals surface area contributed by atoms with Crippen LogP contribution in [-0.4, -0.2) is 36.0 Å². The average Bonchev–Trinajstić information content (AvgIpc) is 2.71. The molecule has 2 amide bonds. The summed E-state index contributed by atoms with van der Waals surface area (Å²) in [6.45, 7) is 5.53. The number of nitrogens with two attached hydrogens (primary N) is 2. The minimum Gasteiger partial charge on any atom is -0.497 e. The van der Waals surface area contributed by atoms with E-state index in [1.807, 2.05) is 54.6 Å². The molecule has 0 heterocycles. The number of carboxylic acid groups (broad SMARTS) is 1. The molecule has 176 valence electrons. The van der Waals surface area contributed by atoms with Crippen molar-refractivity contribution in [1.82, 2.24) is 0 Å². The molecule has 9 heteroatoms. The van der Waals surface area contributed by atoms with Crippen LogP contribution in [0.4, 0.5) is 9.59 Å². The van der Waals surface area contributed by atoms with Gasteiger partial charge in [-0.3, -0.25) is 4.79 Å². The fourth-order valence-corrected chi connectivity index (χ4v) is 2.07. The highest BCUT2D eigenvalue weighted by molar-refractivity contribution is 5.67. The zero-order valence-electron chi connectivity index (χ0n) is 18.9. The summed E-state index contributed by atoms with van der Waals surface area (Å²) in [6, 6.07) is 16.8. The lowest BCUT2D eigenvalue weighted by molar-refractivity contribution is -0.136. The molecule has 0 saturated carbocycles. The van der Waals surface area contributed by atoms with E-state index in [1.165, 1.54) is 0 Å². The Morgan fingerprint density at radius 2 is 1.44 bits per heavy atom. The van der Waals surface area contributed by atoms with Gasteiger partial charge < -0.3 is 30.8 Å². The maximum absolute atomic E-state index is 10.3. The number of carbonyl (C=O) groups excluding carboxylic acids is 2. The maximum Gasteiger partial charge on any atom is 0.405 e. The number of carboxylic acids is 1. The molecule has 0 aromatic heterocycles. The fourth-order valence-electron chi connectivity index (χ4n) is 2.07. The number of hydrogen-bond donors (Lipinski definition) is 3. The number of carbonyl (C=O) groups is 3. The van der Waals surface area contributed by atoms with E-state index in [2.05, 4.69) is 9.47 Å². The van der Waals surface area contributed by atoms with E-state index in [4.69, 9.17) is 21.3 Å². The minimum absolute atomic E-state index is 0.173. The van der Waals surface area contributed by atoms with Crippen LogP contribution in [0.3, 0.4) is 0 Å². The van der Waals surface area contributed by atoms with Gasteiger partial charge in [0.1, 0.15) is 18.0 Å². The van der Waals surface area contributed by atoms with Gasteiger partial charge in [0.25, 0.3) is 0 Å². The Bertz CT molecular complexity index is 816. The Morgan fingerprint density at radius 3 is 1.81 bits per heavy atom. The highest BCUT2D eigenvalue weighted by Crippen LogP contribution is 2.12. The fraction of sp³-hybridized carbons (Fsp3) is 0.348. The predicted molar refractivity (Wildman–Crippen MR) is 120 cm³/mol. The van der Waals surface area contributed by atoms with Gasteiger partial charge in [0.2, 0.25) is 0 Å². The molecule has 0 saturated heterocycles. The first-order chi connectivity index (χ1) is 14.9. The molecule has 0 spiro atoms. The molecule has 32 heavy (non-hydrogen) atoms. The highest BCUT2D eigenvalue weighted by Gasteiger charge is 2.12. The number of methoxy groups -OCH3 is 1. The van der Waals surface area contributed by atoms with Crippen molar-refractivity contribution in [3.05, 3.63) is 65.7 Å². The average molecular weight is 449 g/mol. The monoisotopic (exact) mass is 448 g/mol. The third kappa shape index (κ3) is 17.1. The van der Waals surface area contributed by atoms with E-state index in [9.17, 15) is 14.4 Å². The molecule has 9 nitrogen and oxygen atoms in total. The second-order valence-corrected chi connectivity index (χ2v) is 7.37. The van der Waals surface area contributed by atoms with Crippen molar-refractivity contribution >= 4 is 18.2 Å². The van der Waals surface area contributed by atoms with Crippen molar-refractivity contribution in [2.24, 2.45) is 11.5 Å². The van der Waals surface area contributed by atoms with Gasteiger partial charge in [0.15, 0.2) is 0 Å². The molecule has 0 aliphatic carbocycles. The lowest BCUT2D eigenvalue weighted by Crippen LogP contribution is -2.27. The van der Waals surface area contributed by atoms with Gasteiger partial charge in [-0.2, -0.15) is 0 Å². The molecule has 0 aliphatic rings. The second-order valence-electron chi connectivity index (χ2n) is 7.37. The molecule has 0 radical (unpaired) electrons. The van der Waals surface area contributed by atoms with Crippen LogP contribution in [0, 0.1) is 0 Å². The number of hydrogen-bond acceptors (Lipinski definition) is 6. The van der Waals surface area contributed by atoms with Gasteiger partial charge in [0.05, 0.1) is 7.11 Å². The third-order valence-corrected chi connectivity index (χ3v) is 3.42. The van der Waals surface area contributed by atoms with Crippen molar-refractivity contribution in [2.45, 2.75) is 45.8 Å². The van der Waals surface area contributed by atoms with E-state index < -0.39 is 23.8 Å². The summed E-state index contributed by atoms with van der Waals surface area (Å²) < 4.78 is 14.1. The zero-order valence-corrected chi connectivity index (χ0v) is 18.9. The Labute approximate surface area is 188 Å². The quantitative estimate of drug-likeness (QED) is 0.606. The van der Waals surface area contributed by atoms with Crippen LogP contribution in [0.1, 0.15) is 38.3 Å². The molecule has 0 unspecified atom stereocenters. The maximum atomic E-state index is 10.3. The largest absolute Gasteiger partial charge is 0.497 e. The Hall–Kier alpha value is -3.75. The van der Waals surface area contributed by atoms with Crippen molar-refractivity contribution in [2.75, 3.05) is 7.11 Å². The first-order valence-corrected chi connectivity index (χ1v) is 9.72. The van der Waals surface area contributed by atoms with E-state index in [1.54, 1.807) is 27.9 Å². The van der Waals surface area contributed by atoms with E-state index in [0.29, 0.717) is 6.42 Å². The van der Waals surface area contributed by atoms with Gasteiger partial charge in [-0.05, 0) is 50.5 Å². The van der Waals surface area contributed by atoms with E-state index in [0.717, 1.165) is 16.9 Å². The van der Waals surface area contributed by atoms with Gasteiger partial charge in [-0.15, -0.1) is 0 Å². The van der Waals surface area contributed by atoms with Crippen molar-refractivity contribution < 1.29 is 33.7 Å². The molecule has 2 aromatic rings. The molecule has 0 fully saturated rings. The van der Waals surface area contributed by atoms with E-state index >= 15 is 0 Å². The molecule has 0 aliphatic heterocycles. The first kappa shape index (κ1) is 28.2. The SMILES string of the molecule is CC(C)(C)OC(N)=O.COc1ccc(CCC(=O)O)cc1.NC(=O)OCc1ccccc1. The van der Waals surface area contributed by atoms with Crippen LogP contribution in [0.2, 0.25) is 0 Å². The molecule has 5 N–H and O–H groups in total. The van der Waals surface area contributed by atoms with Gasteiger partial charge in [-0.1, -0.05) is 42.5 Å². The smallest absolute Gasteiger partial charge is 0.405 e. The molecule has 2 rings (SSSR count). The van der Waals surface area contributed by atoms with Crippen LogP contribution in [0.15, 0.2) is 54.6 Å². The number of primary amides is 2. The molecule has 0 atom stereocenters. The summed E-state index contributed by atoms with van der Waals surface area (Å²) in [5, 5.41) is 8.45. The molecule has 0 bridgehead atoms. The summed E-state index contributed by atoms with van der Waals surface area (Å²) in [6.07, 6.45) is -0.725. The molecular formula is C23H32N2O7. The predicted octanol–water partition coefficient (Wildman–Crippen LogP) is 3.87. The first-order valence-electron chi connectivity index (χ1n) is 9.72. The third-order valence-electron chi connectivity index (χ3n) is 3.42. The van der Waals surface area contributed by atoms with Crippen LogP contribution < -0.4 is 16.2 Å².